The molecule has 1 fully saturated rings. The molecule has 0 radical (unpaired) electrons. The predicted molar refractivity (Wildman–Crippen MR) is 111 cm³/mol. The van der Waals surface area contributed by atoms with Crippen molar-refractivity contribution in [1.82, 2.24) is 14.6 Å². The van der Waals surface area contributed by atoms with Crippen LogP contribution in [0, 0.1) is 5.82 Å². The van der Waals surface area contributed by atoms with Gasteiger partial charge in [-0.2, -0.15) is 9.48 Å². The van der Waals surface area contributed by atoms with Crippen molar-refractivity contribution in [3.63, 3.8) is 0 Å². The number of aromatic amines is 1. The number of nitrogens with zero attached hydrogens (tertiary/aromatic N) is 1. The number of ether oxygens (including phenoxy) is 2. The monoisotopic (exact) mass is 487 g/mol. The molecule has 3 rings (SSSR count). The zero-order valence-corrected chi connectivity index (χ0v) is 18.6. The van der Waals surface area contributed by atoms with Gasteiger partial charge in [-0.3, -0.25) is 23.7 Å². The number of methoxy groups -OCH3 is 1. The molecule has 0 saturated carbocycles. The largest absolute Gasteiger partial charge is 0.468 e. The summed E-state index contributed by atoms with van der Waals surface area (Å²) in [7, 11) is -3.02. The minimum absolute atomic E-state index is 0.130. The van der Waals surface area contributed by atoms with Crippen molar-refractivity contribution < 1.29 is 37.4 Å². The SMILES string of the molecule is COC(=O)[C@H](C)NP(=O)(OC[C@H]1O[C@@H](n2cc(F)c(=O)[nH]c2=O)C[C@H]1O)Oc1ccccc1. The Morgan fingerprint density at radius 3 is 2.76 bits per heavy atom. The normalized spacial score (nSPS) is 23.0. The van der Waals surface area contributed by atoms with Gasteiger partial charge in [-0.25, -0.2) is 9.36 Å². The van der Waals surface area contributed by atoms with Gasteiger partial charge < -0.3 is 19.1 Å². The lowest BCUT2D eigenvalue weighted by Crippen LogP contribution is -2.36. The molecule has 2 heterocycles. The van der Waals surface area contributed by atoms with Crippen molar-refractivity contribution in [2.24, 2.45) is 0 Å². The molecule has 1 aliphatic rings. The Morgan fingerprint density at radius 2 is 2.09 bits per heavy atom. The average Bonchev–Trinajstić information content (AvgIpc) is 3.15. The minimum Gasteiger partial charge on any atom is -0.468 e. The molecule has 1 aliphatic heterocycles. The molecule has 0 bridgehead atoms. The van der Waals surface area contributed by atoms with Crippen molar-refractivity contribution in [2.45, 2.75) is 37.8 Å². The van der Waals surface area contributed by atoms with Crippen LogP contribution in [0.25, 0.3) is 0 Å². The molecule has 1 unspecified atom stereocenters. The standard InChI is InChI=1S/C19H23FN3O9P/c1-11(18(26)29-2)22-33(28,32-12-6-4-3-5-7-12)30-10-15-14(24)8-16(31-15)23-9-13(20)17(25)21-19(23)27/h3-7,9,11,14-16,24H,8,10H2,1-2H3,(H,22,28)(H,21,25,27)/t11-,14+,15+,16+,33?/m0/s1. The van der Waals surface area contributed by atoms with Gasteiger partial charge in [-0.15, -0.1) is 0 Å². The predicted octanol–water partition coefficient (Wildman–Crippen LogP) is 0.679. The van der Waals surface area contributed by atoms with Gasteiger partial charge in [0.15, 0.2) is 0 Å². The van der Waals surface area contributed by atoms with Gasteiger partial charge in [0, 0.05) is 6.42 Å². The number of aliphatic hydroxyl groups is 1. The number of benzene rings is 1. The minimum atomic E-state index is -4.18. The Bertz CT molecular complexity index is 1140. The third-order valence-electron chi connectivity index (χ3n) is 4.72. The van der Waals surface area contributed by atoms with Gasteiger partial charge in [0.05, 0.1) is 26.0 Å². The number of nitrogens with one attached hydrogen (secondary N) is 2. The summed E-state index contributed by atoms with van der Waals surface area (Å²) < 4.78 is 48.7. The molecular formula is C19H23FN3O9P. The maximum atomic E-state index is 13.6. The molecule has 1 saturated heterocycles. The Kier molecular flexibility index (Phi) is 7.82. The molecule has 180 valence electrons. The van der Waals surface area contributed by atoms with Crippen LogP contribution in [0.2, 0.25) is 0 Å². The lowest BCUT2D eigenvalue weighted by molar-refractivity contribution is -0.142. The van der Waals surface area contributed by atoms with Crippen molar-refractivity contribution in [3.8, 4) is 5.75 Å². The number of hydrogen-bond donors (Lipinski definition) is 3. The van der Waals surface area contributed by atoms with Gasteiger partial charge >= 0.3 is 19.4 Å². The first kappa shape index (κ1) is 24.8. The van der Waals surface area contributed by atoms with Gasteiger partial charge in [-0.1, -0.05) is 18.2 Å². The van der Waals surface area contributed by atoms with E-state index in [0.29, 0.717) is 6.20 Å². The van der Waals surface area contributed by atoms with Gasteiger partial charge in [0.25, 0.3) is 5.56 Å². The molecule has 33 heavy (non-hydrogen) atoms. The third kappa shape index (κ3) is 6.15. The van der Waals surface area contributed by atoms with Crippen LogP contribution in [0.4, 0.5) is 4.39 Å². The Labute approximate surface area is 186 Å². The topological polar surface area (TPSA) is 158 Å². The Morgan fingerprint density at radius 1 is 1.39 bits per heavy atom. The smallest absolute Gasteiger partial charge is 0.459 e. The highest BCUT2D eigenvalue weighted by atomic mass is 31.2. The lowest BCUT2D eigenvalue weighted by Gasteiger charge is -2.24. The molecule has 12 nitrogen and oxygen atoms in total. The highest BCUT2D eigenvalue weighted by Crippen LogP contribution is 2.45. The number of carbonyl (C=O) groups excluding carboxylic acids is 1. The molecule has 3 N–H and O–H groups in total. The van der Waals surface area contributed by atoms with Crippen LogP contribution in [-0.2, 0) is 23.4 Å². The summed E-state index contributed by atoms with van der Waals surface area (Å²) in [6.45, 7) is 0.924. The van der Waals surface area contributed by atoms with E-state index >= 15 is 0 Å². The van der Waals surface area contributed by atoms with E-state index in [1.807, 2.05) is 0 Å². The van der Waals surface area contributed by atoms with E-state index < -0.39 is 61.9 Å². The van der Waals surface area contributed by atoms with Crippen LogP contribution >= 0.6 is 7.75 Å². The van der Waals surface area contributed by atoms with Crippen molar-refractivity contribution in [2.75, 3.05) is 13.7 Å². The third-order valence-corrected chi connectivity index (χ3v) is 6.37. The number of esters is 1. The molecule has 14 heteroatoms. The second-order valence-corrected chi connectivity index (χ2v) is 8.84. The second-order valence-electron chi connectivity index (χ2n) is 7.15. The molecular weight excluding hydrogens is 464 g/mol. The average molecular weight is 487 g/mol. The summed E-state index contributed by atoms with van der Waals surface area (Å²) >= 11 is 0. The fourth-order valence-electron chi connectivity index (χ4n) is 3.06. The first-order valence-electron chi connectivity index (χ1n) is 9.81. The molecule has 2 aromatic rings. The van der Waals surface area contributed by atoms with Crippen LogP contribution in [0.15, 0.2) is 46.1 Å². The maximum absolute atomic E-state index is 13.6. The summed E-state index contributed by atoms with van der Waals surface area (Å²) in [5.41, 5.74) is -2.11. The Balaban J connectivity index is 1.73. The summed E-state index contributed by atoms with van der Waals surface area (Å²) in [5.74, 6) is -1.73. The summed E-state index contributed by atoms with van der Waals surface area (Å²) in [6.07, 6.45) is -2.83. The first-order chi connectivity index (χ1) is 15.6. The fraction of sp³-hybridized carbons (Fsp3) is 0.421. The van der Waals surface area contributed by atoms with E-state index in [0.717, 1.165) is 11.7 Å². The maximum Gasteiger partial charge on any atom is 0.459 e. The zero-order chi connectivity index (χ0) is 24.2. The summed E-state index contributed by atoms with van der Waals surface area (Å²) in [4.78, 5) is 36.7. The van der Waals surface area contributed by atoms with Crippen LogP contribution in [0.1, 0.15) is 19.6 Å². The highest BCUT2D eigenvalue weighted by Gasteiger charge is 2.39. The Hall–Kier alpha value is -2.83. The van der Waals surface area contributed by atoms with Crippen molar-refractivity contribution in [3.05, 3.63) is 63.2 Å². The fourth-order valence-corrected chi connectivity index (χ4v) is 4.56. The van der Waals surface area contributed by atoms with Crippen LogP contribution in [-0.4, -0.2) is 52.6 Å². The number of hydrogen-bond acceptors (Lipinski definition) is 9. The van der Waals surface area contributed by atoms with E-state index in [-0.39, 0.29) is 12.2 Å². The molecule has 0 amide bonds. The van der Waals surface area contributed by atoms with E-state index in [1.54, 1.807) is 23.2 Å². The number of halogens is 1. The van der Waals surface area contributed by atoms with E-state index in [9.17, 15) is 28.4 Å². The van der Waals surface area contributed by atoms with Gasteiger partial charge in [0.1, 0.15) is 24.1 Å². The van der Waals surface area contributed by atoms with Crippen molar-refractivity contribution >= 4 is 13.7 Å². The molecule has 1 aromatic heterocycles. The lowest BCUT2D eigenvalue weighted by atomic mass is 10.2. The number of aromatic nitrogens is 2. The highest BCUT2D eigenvalue weighted by molar-refractivity contribution is 7.52. The first-order valence-corrected chi connectivity index (χ1v) is 11.4. The van der Waals surface area contributed by atoms with Crippen molar-refractivity contribution in [1.29, 1.82) is 0 Å². The summed E-state index contributed by atoms with van der Waals surface area (Å²) in [5, 5.41) is 12.8. The quantitative estimate of drug-likeness (QED) is 0.339. The number of carbonyl (C=O) groups is 1. The van der Waals surface area contributed by atoms with E-state index in [1.165, 1.54) is 19.1 Å². The zero-order valence-electron chi connectivity index (χ0n) is 17.7. The van der Waals surface area contributed by atoms with Gasteiger partial charge in [0.2, 0.25) is 5.82 Å². The van der Waals surface area contributed by atoms with E-state index in [2.05, 4.69) is 9.82 Å². The second kappa shape index (κ2) is 10.4. The molecule has 1 aromatic carbocycles. The van der Waals surface area contributed by atoms with Crippen LogP contribution < -0.4 is 20.9 Å². The molecule has 0 spiro atoms. The summed E-state index contributed by atoms with van der Waals surface area (Å²) in [6, 6.07) is 6.98. The van der Waals surface area contributed by atoms with Crippen LogP contribution in [0.5, 0.6) is 5.75 Å². The number of H-pyrrole nitrogens is 1. The molecule has 0 aliphatic carbocycles. The molecule has 5 atom stereocenters. The number of para-hydroxylation sites is 1. The van der Waals surface area contributed by atoms with Crippen LogP contribution in [0.3, 0.4) is 0 Å². The number of rotatable bonds is 9. The van der Waals surface area contributed by atoms with Gasteiger partial charge in [-0.05, 0) is 19.1 Å². The number of aliphatic hydroxyl groups excluding tert-OH is 1. The van der Waals surface area contributed by atoms with E-state index in [4.69, 9.17) is 13.8 Å².